The molecule has 0 aliphatic heterocycles. The molecule has 80 valence electrons. The number of carbonyl (C=O) groups is 1. The third kappa shape index (κ3) is 53.1. The molecule has 0 aromatic carbocycles. The van der Waals surface area contributed by atoms with E-state index in [0.717, 1.165) is 0 Å². The summed E-state index contributed by atoms with van der Waals surface area (Å²) in [5.74, 6) is -0.0625. The maximum absolute atomic E-state index is 10.0. The second kappa shape index (κ2) is 22.4. The Balaban J connectivity index is -0.0000000180. The summed E-state index contributed by atoms with van der Waals surface area (Å²) >= 11 is 0. The van der Waals surface area contributed by atoms with Crippen molar-refractivity contribution in [2.24, 2.45) is 0 Å². The van der Waals surface area contributed by atoms with Crippen LogP contribution in [0.25, 0.3) is 0 Å². The molecule has 0 amide bonds. The van der Waals surface area contributed by atoms with Crippen molar-refractivity contribution in [2.45, 2.75) is 13.8 Å². The van der Waals surface area contributed by atoms with Crippen molar-refractivity contribution in [3.63, 3.8) is 0 Å². The number of hydrogen-bond donors (Lipinski definition) is 1. The van der Waals surface area contributed by atoms with Crippen molar-refractivity contribution in [3.8, 4) is 0 Å². The molecule has 0 unspecified atom stereocenters. The average molecular weight is 305 g/mol. The molecule has 0 bridgehead atoms. The number of aliphatic hydroxyl groups is 1. The molecule has 7 heteroatoms. The van der Waals surface area contributed by atoms with E-state index in [0.29, 0.717) is 0 Å². The molecule has 0 heterocycles. The van der Waals surface area contributed by atoms with Crippen molar-refractivity contribution in [1.82, 2.24) is 0 Å². The van der Waals surface area contributed by atoms with Crippen LogP contribution in [0.3, 0.4) is 0 Å². The Hall–Kier alpha value is -0.252. The molecule has 0 aliphatic carbocycles. The minimum atomic E-state index is -0.125. The van der Waals surface area contributed by atoms with Crippen LogP contribution in [-0.4, -0.2) is 35.3 Å². The fourth-order valence-electron chi connectivity index (χ4n) is 0.294. The zero-order valence-corrected chi connectivity index (χ0v) is 10.8. The summed E-state index contributed by atoms with van der Waals surface area (Å²) in [5, 5.41) is 8.36. The molecular formula is C5H15F4O2Sb. The van der Waals surface area contributed by atoms with Gasteiger partial charge in [0.05, 0.1) is 5.76 Å². The quantitative estimate of drug-likeness (QED) is 0.331. The molecular weight excluding hydrogens is 290 g/mol. The van der Waals surface area contributed by atoms with Gasteiger partial charge in [0.1, 0.15) is 0 Å². The van der Waals surface area contributed by atoms with E-state index >= 15 is 0 Å². The number of ketones is 1. The molecule has 0 aliphatic rings. The van der Waals surface area contributed by atoms with E-state index in [9.17, 15) is 4.79 Å². The Morgan fingerprint density at radius 3 is 1.33 bits per heavy atom. The molecule has 0 spiro atoms. The topological polar surface area (TPSA) is 37.3 Å². The number of hydrogen-bond acceptors (Lipinski definition) is 2. The van der Waals surface area contributed by atoms with E-state index < -0.39 is 0 Å². The molecule has 0 radical (unpaired) electrons. The van der Waals surface area contributed by atoms with E-state index in [1.165, 1.54) is 19.9 Å². The van der Waals surface area contributed by atoms with Crippen LogP contribution in [0.15, 0.2) is 11.8 Å². The SMILES string of the molecule is CC(=O)/C=C(/C)O.F.F.F.F.[SbH3]. The van der Waals surface area contributed by atoms with Crippen LogP contribution in [0.1, 0.15) is 13.8 Å². The summed E-state index contributed by atoms with van der Waals surface area (Å²) in [5.41, 5.74) is 0. The first-order valence-electron chi connectivity index (χ1n) is 2.01. The average Bonchev–Trinajstić information content (AvgIpc) is 1.27. The first kappa shape index (κ1) is 41.1. The van der Waals surface area contributed by atoms with Crippen LogP contribution in [-0.2, 0) is 4.79 Å². The van der Waals surface area contributed by atoms with Crippen LogP contribution in [0.2, 0.25) is 0 Å². The molecule has 2 nitrogen and oxygen atoms in total. The van der Waals surface area contributed by atoms with Gasteiger partial charge in [0, 0.05) is 6.08 Å². The fraction of sp³-hybridized carbons (Fsp3) is 0.400. The van der Waals surface area contributed by atoms with E-state index in [4.69, 9.17) is 5.11 Å². The first-order valence-corrected chi connectivity index (χ1v) is 2.01. The van der Waals surface area contributed by atoms with Crippen LogP contribution in [0, 0.1) is 0 Å². The summed E-state index contributed by atoms with van der Waals surface area (Å²) in [6.07, 6.45) is 1.17. The van der Waals surface area contributed by atoms with Gasteiger partial charge < -0.3 is 5.11 Å². The van der Waals surface area contributed by atoms with E-state index in [1.807, 2.05) is 0 Å². The number of halogens is 4. The number of rotatable bonds is 1. The fourth-order valence-corrected chi connectivity index (χ4v) is 0.294. The van der Waals surface area contributed by atoms with Crippen molar-refractivity contribution >= 4 is 30.2 Å². The molecule has 0 aromatic heterocycles. The molecule has 0 saturated carbocycles. The Morgan fingerprint density at radius 1 is 1.08 bits per heavy atom. The molecule has 0 fully saturated rings. The standard InChI is InChI=1S/C5H8O2.4FH.Sb.3H/c1-4(6)3-5(2)7;;;;;;;;/h3,6H,1-2H3;4*1H;;;;/b4-3-;;;;;;;;. The van der Waals surface area contributed by atoms with Crippen LogP contribution >= 0.6 is 0 Å². The Labute approximate surface area is 85.0 Å². The zero-order valence-electron chi connectivity index (χ0n) is 6.77. The van der Waals surface area contributed by atoms with Gasteiger partial charge in [-0.1, -0.05) is 0 Å². The molecule has 0 aromatic rings. The van der Waals surface area contributed by atoms with Crippen LogP contribution in [0.5, 0.6) is 0 Å². The third-order valence-corrected chi connectivity index (χ3v) is 0.412. The number of aliphatic hydroxyl groups excluding tert-OH is 1. The Kier molecular flexibility index (Phi) is 76.8. The predicted molar refractivity (Wildman–Crippen MR) is 47.0 cm³/mol. The molecule has 0 saturated heterocycles. The number of carbonyl (C=O) groups excluding carboxylic acids is 1. The van der Waals surface area contributed by atoms with Gasteiger partial charge in [-0.15, -0.1) is 0 Å². The van der Waals surface area contributed by atoms with Crippen LogP contribution < -0.4 is 0 Å². The monoisotopic (exact) mass is 304 g/mol. The van der Waals surface area contributed by atoms with Gasteiger partial charge in [0.25, 0.3) is 0 Å². The first-order chi connectivity index (χ1) is 3.13. The zero-order chi connectivity index (χ0) is 5.86. The van der Waals surface area contributed by atoms with E-state index in [2.05, 4.69) is 0 Å². The normalized spacial score (nSPS) is 6.67. The van der Waals surface area contributed by atoms with Crippen molar-refractivity contribution in [3.05, 3.63) is 11.8 Å². The third-order valence-electron chi connectivity index (χ3n) is 0.412. The van der Waals surface area contributed by atoms with E-state index in [-0.39, 0.29) is 54.8 Å². The van der Waals surface area contributed by atoms with Gasteiger partial charge in [-0.2, -0.15) is 0 Å². The second-order valence-corrected chi connectivity index (χ2v) is 1.40. The summed E-state index contributed by atoms with van der Waals surface area (Å²) in [7, 11) is 0. The molecule has 0 atom stereocenters. The van der Waals surface area contributed by atoms with Gasteiger partial charge >= 0.3 is 24.4 Å². The van der Waals surface area contributed by atoms with Gasteiger partial charge in [-0.05, 0) is 13.8 Å². The van der Waals surface area contributed by atoms with Crippen molar-refractivity contribution in [2.75, 3.05) is 0 Å². The van der Waals surface area contributed by atoms with Gasteiger partial charge in [-0.25, -0.2) is 0 Å². The second-order valence-electron chi connectivity index (χ2n) is 1.40. The van der Waals surface area contributed by atoms with Crippen LogP contribution in [0.4, 0.5) is 18.8 Å². The summed E-state index contributed by atoms with van der Waals surface area (Å²) in [6.45, 7) is 2.85. The van der Waals surface area contributed by atoms with Crippen molar-refractivity contribution < 1.29 is 28.7 Å². The van der Waals surface area contributed by atoms with Crippen molar-refractivity contribution in [1.29, 1.82) is 0 Å². The van der Waals surface area contributed by atoms with Gasteiger partial charge in [-0.3, -0.25) is 23.6 Å². The summed E-state index contributed by atoms with van der Waals surface area (Å²) < 4.78 is 0. The predicted octanol–water partition coefficient (Wildman–Crippen LogP) is 0.463. The van der Waals surface area contributed by atoms with Gasteiger partial charge in [0.15, 0.2) is 5.78 Å². The maximum atomic E-state index is 10.0. The minimum absolute atomic E-state index is 0. The molecule has 12 heavy (non-hydrogen) atoms. The van der Waals surface area contributed by atoms with E-state index in [1.54, 1.807) is 0 Å². The Morgan fingerprint density at radius 2 is 1.33 bits per heavy atom. The Bertz CT molecular complexity index is 114. The summed E-state index contributed by atoms with van der Waals surface area (Å²) in [6, 6.07) is 0. The number of allylic oxidation sites excluding steroid dienone is 2. The van der Waals surface area contributed by atoms with Gasteiger partial charge in [0.2, 0.25) is 0 Å². The summed E-state index contributed by atoms with van der Waals surface area (Å²) in [4.78, 5) is 10.0. The molecule has 0 rings (SSSR count). The molecule has 1 N–H and O–H groups in total.